The van der Waals surface area contributed by atoms with Crippen LogP contribution in [0.2, 0.25) is 0 Å². The molecule has 0 bridgehead atoms. The average Bonchev–Trinajstić information content (AvgIpc) is 3.60. The van der Waals surface area contributed by atoms with Gasteiger partial charge >= 0.3 is 0 Å². The van der Waals surface area contributed by atoms with E-state index in [-0.39, 0.29) is 17.6 Å². The SMILES string of the molecule is CC1CCc2c(sc3ncn4c(SCC(=O)N5CCN(C(=O)c6ccco6)CC5)nnc4c23)C1. The number of thiophene rings is 1. The van der Waals surface area contributed by atoms with E-state index in [4.69, 9.17) is 4.42 Å². The number of rotatable bonds is 4. The van der Waals surface area contributed by atoms with Crippen molar-refractivity contribution in [1.82, 2.24) is 29.4 Å². The maximum absolute atomic E-state index is 12.8. The third-order valence-electron chi connectivity index (χ3n) is 6.65. The molecular formula is C23H24N6O3S2. The van der Waals surface area contributed by atoms with E-state index in [1.54, 1.807) is 39.6 Å². The Labute approximate surface area is 204 Å². The number of hydrogen-bond acceptors (Lipinski definition) is 8. The third kappa shape index (κ3) is 3.76. The van der Waals surface area contributed by atoms with Crippen LogP contribution in [0.1, 0.15) is 34.3 Å². The summed E-state index contributed by atoms with van der Waals surface area (Å²) in [6, 6.07) is 3.36. The van der Waals surface area contributed by atoms with Gasteiger partial charge < -0.3 is 14.2 Å². The third-order valence-corrected chi connectivity index (χ3v) is 8.74. The lowest BCUT2D eigenvalue weighted by Gasteiger charge is -2.34. The Hall–Kier alpha value is -2.92. The fourth-order valence-corrected chi connectivity index (χ4v) is 6.90. The molecule has 2 aliphatic rings. The minimum atomic E-state index is -0.134. The van der Waals surface area contributed by atoms with Crippen molar-refractivity contribution in [3.8, 4) is 0 Å². The monoisotopic (exact) mass is 496 g/mol. The van der Waals surface area contributed by atoms with Crippen molar-refractivity contribution in [2.75, 3.05) is 31.9 Å². The van der Waals surface area contributed by atoms with Crippen molar-refractivity contribution in [3.63, 3.8) is 0 Å². The number of aryl methyl sites for hydroxylation is 1. The summed E-state index contributed by atoms with van der Waals surface area (Å²) < 4.78 is 7.11. The molecule has 34 heavy (non-hydrogen) atoms. The molecule has 0 aromatic carbocycles. The van der Waals surface area contributed by atoms with Crippen LogP contribution in [-0.2, 0) is 17.6 Å². The normalized spacial score (nSPS) is 18.6. The highest BCUT2D eigenvalue weighted by molar-refractivity contribution is 7.99. The molecule has 1 aliphatic carbocycles. The Morgan fingerprint density at radius 1 is 1.21 bits per heavy atom. The molecule has 1 saturated heterocycles. The van der Waals surface area contributed by atoms with Crippen LogP contribution in [0.15, 0.2) is 34.3 Å². The van der Waals surface area contributed by atoms with Crippen LogP contribution in [0.3, 0.4) is 0 Å². The molecule has 1 unspecified atom stereocenters. The van der Waals surface area contributed by atoms with Gasteiger partial charge in [-0.15, -0.1) is 21.5 Å². The molecule has 0 N–H and O–H groups in total. The number of carbonyl (C=O) groups is 2. The van der Waals surface area contributed by atoms with Crippen LogP contribution < -0.4 is 0 Å². The summed E-state index contributed by atoms with van der Waals surface area (Å²) in [5, 5.41) is 10.6. The summed E-state index contributed by atoms with van der Waals surface area (Å²) >= 11 is 3.15. The molecule has 1 fully saturated rings. The zero-order chi connectivity index (χ0) is 23.2. The molecule has 9 nitrogen and oxygen atoms in total. The molecular weight excluding hydrogens is 472 g/mol. The molecule has 5 heterocycles. The van der Waals surface area contributed by atoms with Gasteiger partial charge in [0.05, 0.1) is 17.4 Å². The molecule has 11 heteroatoms. The molecule has 4 aromatic heterocycles. The zero-order valence-electron chi connectivity index (χ0n) is 18.8. The zero-order valence-corrected chi connectivity index (χ0v) is 20.4. The predicted octanol–water partition coefficient (Wildman–Crippen LogP) is 3.13. The molecule has 1 atom stereocenters. The Kier molecular flexibility index (Phi) is 5.53. The van der Waals surface area contributed by atoms with Gasteiger partial charge in [-0.3, -0.25) is 14.0 Å². The Morgan fingerprint density at radius 2 is 2.03 bits per heavy atom. The molecule has 6 rings (SSSR count). The summed E-state index contributed by atoms with van der Waals surface area (Å²) in [6.45, 7) is 4.30. The summed E-state index contributed by atoms with van der Waals surface area (Å²) in [4.78, 5) is 35.9. The van der Waals surface area contributed by atoms with E-state index in [2.05, 4.69) is 22.1 Å². The van der Waals surface area contributed by atoms with E-state index in [0.29, 0.717) is 43.0 Å². The van der Waals surface area contributed by atoms with E-state index in [1.807, 2.05) is 4.40 Å². The first-order valence-electron chi connectivity index (χ1n) is 11.5. The minimum absolute atomic E-state index is 0.0304. The number of piperazine rings is 1. The first-order valence-corrected chi connectivity index (χ1v) is 13.3. The maximum atomic E-state index is 12.8. The van der Waals surface area contributed by atoms with Gasteiger partial charge in [0, 0.05) is 31.1 Å². The molecule has 0 radical (unpaired) electrons. The first kappa shape index (κ1) is 21.6. The Bertz CT molecular complexity index is 1370. The average molecular weight is 497 g/mol. The van der Waals surface area contributed by atoms with Crippen molar-refractivity contribution in [3.05, 3.63) is 40.9 Å². The standard InChI is InChI=1S/C23H24N6O3S2/c1-14-4-5-15-17(11-14)34-21-19(15)20-25-26-23(29(20)13-24-21)33-12-18(30)27-6-8-28(9-7-27)22(31)16-3-2-10-32-16/h2-3,10,13-14H,4-9,11-12H2,1H3. The minimum Gasteiger partial charge on any atom is -0.459 e. The number of hydrogen-bond donors (Lipinski definition) is 0. The van der Waals surface area contributed by atoms with Crippen LogP contribution >= 0.6 is 23.1 Å². The van der Waals surface area contributed by atoms with E-state index in [9.17, 15) is 9.59 Å². The summed E-state index contributed by atoms with van der Waals surface area (Å²) in [7, 11) is 0. The van der Waals surface area contributed by atoms with E-state index in [1.165, 1.54) is 34.9 Å². The van der Waals surface area contributed by atoms with Crippen molar-refractivity contribution in [2.24, 2.45) is 5.92 Å². The highest BCUT2D eigenvalue weighted by atomic mass is 32.2. The lowest BCUT2D eigenvalue weighted by Crippen LogP contribution is -2.51. The van der Waals surface area contributed by atoms with E-state index < -0.39 is 0 Å². The summed E-state index contributed by atoms with van der Waals surface area (Å²) in [5.41, 5.74) is 2.20. The highest BCUT2D eigenvalue weighted by Gasteiger charge is 2.27. The smallest absolute Gasteiger partial charge is 0.289 e. The Morgan fingerprint density at radius 3 is 2.82 bits per heavy atom. The van der Waals surface area contributed by atoms with E-state index in [0.717, 1.165) is 28.7 Å². The molecule has 4 aromatic rings. The van der Waals surface area contributed by atoms with E-state index >= 15 is 0 Å². The highest BCUT2D eigenvalue weighted by Crippen LogP contribution is 2.39. The van der Waals surface area contributed by atoms with Crippen molar-refractivity contribution >= 4 is 50.8 Å². The molecule has 0 spiro atoms. The molecule has 0 saturated carbocycles. The number of nitrogens with zero attached hydrogens (tertiary/aromatic N) is 6. The molecule has 2 amide bonds. The maximum Gasteiger partial charge on any atom is 0.289 e. The largest absolute Gasteiger partial charge is 0.459 e. The topological polar surface area (TPSA) is 96.8 Å². The van der Waals surface area contributed by atoms with Gasteiger partial charge in [0.2, 0.25) is 5.91 Å². The number of thioether (sulfide) groups is 1. The van der Waals surface area contributed by atoms with Gasteiger partial charge in [0.15, 0.2) is 16.6 Å². The quantitative estimate of drug-likeness (QED) is 0.401. The second kappa shape index (κ2) is 8.70. The number of fused-ring (bicyclic) bond motifs is 5. The van der Waals surface area contributed by atoms with Crippen LogP contribution in [0.5, 0.6) is 0 Å². The van der Waals surface area contributed by atoms with Gasteiger partial charge in [-0.1, -0.05) is 18.7 Å². The number of aromatic nitrogens is 4. The second-order valence-electron chi connectivity index (χ2n) is 8.89. The molecule has 176 valence electrons. The predicted molar refractivity (Wildman–Crippen MR) is 129 cm³/mol. The van der Waals surface area contributed by atoms with Crippen molar-refractivity contribution in [2.45, 2.75) is 31.3 Å². The lowest BCUT2D eigenvalue weighted by molar-refractivity contribution is -0.129. The van der Waals surface area contributed by atoms with Crippen LogP contribution in [0.25, 0.3) is 15.9 Å². The number of furan rings is 1. The first-order chi connectivity index (χ1) is 16.6. The van der Waals surface area contributed by atoms with Gasteiger partial charge in [-0.2, -0.15) is 0 Å². The van der Waals surface area contributed by atoms with Gasteiger partial charge in [-0.05, 0) is 42.9 Å². The second-order valence-corrected chi connectivity index (χ2v) is 10.9. The number of carbonyl (C=O) groups excluding carboxylic acids is 2. The fraction of sp³-hybridized carbons (Fsp3) is 0.435. The van der Waals surface area contributed by atoms with Crippen LogP contribution in [-0.4, -0.2) is 73.1 Å². The summed E-state index contributed by atoms with van der Waals surface area (Å²) in [5.74, 6) is 1.20. The van der Waals surface area contributed by atoms with Crippen LogP contribution in [0.4, 0.5) is 0 Å². The van der Waals surface area contributed by atoms with Crippen molar-refractivity contribution < 1.29 is 14.0 Å². The number of amides is 2. The van der Waals surface area contributed by atoms with Crippen LogP contribution in [0, 0.1) is 5.92 Å². The lowest BCUT2D eigenvalue weighted by atomic mass is 9.89. The van der Waals surface area contributed by atoms with Crippen molar-refractivity contribution in [1.29, 1.82) is 0 Å². The fourth-order valence-electron chi connectivity index (χ4n) is 4.75. The van der Waals surface area contributed by atoms with Gasteiger partial charge in [-0.25, -0.2) is 4.98 Å². The van der Waals surface area contributed by atoms with Gasteiger partial charge in [0.25, 0.3) is 5.91 Å². The molecule has 1 aliphatic heterocycles. The Balaban J connectivity index is 1.12. The van der Waals surface area contributed by atoms with Gasteiger partial charge in [0.1, 0.15) is 11.2 Å². The summed E-state index contributed by atoms with van der Waals surface area (Å²) in [6.07, 6.45) is 6.61.